The third-order valence-electron chi connectivity index (χ3n) is 5.77. The Morgan fingerprint density at radius 3 is 2.55 bits per heavy atom. The summed E-state index contributed by atoms with van der Waals surface area (Å²) in [5.41, 5.74) is 9.84. The van der Waals surface area contributed by atoms with Crippen LogP contribution < -0.4 is 10.7 Å². The standard InChI is InChI=1S/C25H21Cl2N3O/c26-16-10-11-21-18(13-16)19(12-15-6-2-1-3-7-15)24(25(31)28-21)23-14-22(29-30-23)17-8-4-5-9-20(17)27/h1-11,13,22,25,28-29,31H,12,14H2. The minimum absolute atomic E-state index is 0.0397. The number of hydrogen-bond donors (Lipinski definition) is 3. The Hall–Kier alpha value is -2.79. The lowest BCUT2D eigenvalue weighted by atomic mass is 9.85. The van der Waals surface area contributed by atoms with E-state index in [4.69, 9.17) is 23.2 Å². The minimum Gasteiger partial charge on any atom is -0.369 e. The number of nitrogens with one attached hydrogen (secondary N) is 2. The molecule has 2 atom stereocenters. The first-order chi connectivity index (χ1) is 15.1. The van der Waals surface area contributed by atoms with Crippen molar-refractivity contribution in [3.05, 3.63) is 105 Å². The first-order valence-electron chi connectivity index (χ1n) is 10.2. The molecule has 31 heavy (non-hydrogen) atoms. The smallest absolute Gasteiger partial charge is 0.152 e. The largest absolute Gasteiger partial charge is 0.369 e. The van der Waals surface area contributed by atoms with Crippen molar-refractivity contribution in [2.75, 3.05) is 5.32 Å². The summed E-state index contributed by atoms with van der Waals surface area (Å²) in [7, 11) is 0. The predicted octanol–water partition coefficient (Wildman–Crippen LogP) is 5.82. The second-order valence-electron chi connectivity index (χ2n) is 7.76. The molecule has 0 aromatic heterocycles. The van der Waals surface area contributed by atoms with E-state index in [9.17, 15) is 5.11 Å². The van der Waals surface area contributed by atoms with Gasteiger partial charge in [-0.25, -0.2) is 0 Å². The Bertz CT molecular complexity index is 1190. The van der Waals surface area contributed by atoms with Crippen LogP contribution in [0.15, 0.2) is 83.5 Å². The predicted molar refractivity (Wildman–Crippen MR) is 128 cm³/mol. The number of halogens is 2. The van der Waals surface area contributed by atoms with Gasteiger partial charge in [-0.05, 0) is 47.4 Å². The molecule has 3 N–H and O–H groups in total. The van der Waals surface area contributed by atoms with Gasteiger partial charge >= 0.3 is 0 Å². The Morgan fingerprint density at radius 1 is 0.968 bits per heavy atom. The van der Waals surface area contributed by atoms with Crippen LogP contribution in [0.3, 0.4) is 0 Å². The molecular weight excluding hydrogens is 429 g/mol. The van der Waals surface area contributed by atoms with Gasteiger partial charge in [0, 0.05) is 33.3 Å². The molecule has 4 nitrogen and oxygen atoms in total. The van der Waals surface area contributed by atoms with Crippen LogP contribution in [0.25, 0.3) is 5.57 Å². The van der Waals surface area contributed by atoms with E-state index in [1.54, 1.807) is 0 Å². The molecular formula is C25H21Cl2N3O. The van der Waals surface area contributed by atoms with Gasteiger partial charge in [-0.1, -0.05) is 71.7 Å². The second kappa shape index (κ2) is 8.39. The Labute approximate surface area is 191 Å². The van der Waals surface area contributed by atoms with Gasteiger partial charge < -0.3 is 15.8 Å². The summed E-state index contributed by atoms with van der Waals surface area (Å²) < 4.78 is 0. The van der Waals surface area contributed by atoms with Crippen LogP contribution >= 0.6 is 23.2 Å². The SMILES string of the molecule is OC1Nc2ccc(Cl)cc2C(Cc2ccccc2)=C1C1=NNC(c2ccccc2Cl)C1. The molecule has 3 aromatic rings. The topological polar surface area (TPSA) is 56.6 Å². The number of hydrazone groups is 1. The van der Waals surface area contributed by atoms with E-state index in [0.717, 1.165) is 39.2 Å². The summed E-state index contributed by atoms with van der Waals surface area (Å²) in [6, 6.07) is 23.6. The number of fused-ring (bicyclic) bond motifs is 1. The van der Waals surface area contributed by atoms with Gasteiger partial charge in [0.2, 0.25) is 0 Å². The molecule has 3 aromatic carbocycles. The van der Waals surface area contributed by atoms with Crippen LogP contribution in [-0.2, 0) is 6.42 Å². The highest BCUT2D eigenvalue weighted by Gasteiger charge is 2.33. The van der Waals surface area contributed by atoms with E-state index in [-0.39, 0.29) is 6.04 Å². The van der Waals surface area contributed by atoms with Gasteiger partial charge in [0.1, 0.15) is 0 Å². The highest BCUT2D eigenvalue weighted by atomic mass is 35.5. The van der Waals surface area contributed by atoms with Gasteiger partial charge in [-0.15, -0.1) is 0 Å². The molecule has 0 aliphatic carbocycles. The molecule has 2 aliphatic heterocycles. The molecule has 0 saturated carbocycles. The monoisotopic (exact) mass is 449 g/mol. The summed E-state index contributed by atoms with van der Waals surface area (Å²) in [5, 5.41) is 20.2. The van der Waals surface area contributed by atoms with E-state index >= 15 is 0 Å². The molecule has 0 spiro atoms. The van der Waals surface area contributed by atoms with Crippen molar-refractivity contribution in [2.24, 2.45) is 5.10 Å². The first kappa shape index (κ1) is 20.1. The van der Waals surface area contributed by atoms with Crippen molar-refractivity contribution in [1.29, 1.82) is 0 Å². The van der Waals surface area contributed by atoms with E-state index in [1.165, 1.54) is 0 Å². The summed E-state index contributed by atoms with van der Waals surface area (Å²) >= 11 is 12.7. The van der Waals surface area contributed by atoms with Gasteiger partial charge in [0.05, 0.1) is 11.8 Å². The first-order valence-corrected chi connectivity index (χ1v) is 10.9. The number of rotatable bonds is 4. The molecule has 0 bridgehead atoms. The number of hydrogen-bond acceptors (Lipinski definition) is 4. The lowest BCUT2D eigenvalue weighted by Crippen LogP contribution is -2.31. The Morgan fingerprint density at radius 2 is 1.74 bits per heavy atom. The van der Waals surface area contributed by atoms with E-state index in [1.807, 2.05) is 60.7 Å². The van der Waals surface area contributed by atoms with Crippen molar-refractivity contribution >= 4 is 40.2 Å². The number of nitrogens with zero attached hydrogens (tertiary/aromatic N) is 1. The zero-order valence-corrected chi connectivity index (χ0v) is 18.2. The molecule has 2 unspecified atom stereocenters. The van der Waals surface area contributed by atoms with Crippen molar-refractivity contribution < 1.29 is 5.11 Å². The van der Waals surface area contributed by atoms with Gasteiger partial charge in [0.25, 0.3) is 0 Å². The maximum absolute atomic E-state index is 11.1. The average molecular weight is 450 g/mol. The van der Waals surface area contributed by atoms with Crippen LogP contribution in [0.1, 0.15) is 29.2 Å². The number of anilines is 1. The highest BCUT2D eigenvalue weighted by Crippen LogP contribution is 2.40. The third-order valence-corrected chi connectivity index (χ3v) is 6.34. The Balaban J connectivity index is 1.57. The zero-order chi connectivity index (χ0) is 21.4. The number of benzene rings is 3. The van der Waals surface area contributed by atoms with Crippen molar-refractivity contribution in [1.82, 2.24) is 5.43 Å². The summed E-state index contributed by atoms with van der Waals surface area (Å²) in [4.78, 5) is 0. The maximum atomic E-state index is 11.1. The average Bonchev–Trinajstić information content (AvgIpc) is 3.25. The lowest BCUT2D eigenvalue weighted by molar-refractivity contribution is 0.245. The van der Waals surface area contributed by atoms with Crippen LogP contribution in [-0.4, -0.2) is 17.0 Å². The van der Waals surface area contributed by atoms with E-state index in [0.29, 0.717) is 22.9 Å². The van der Waals surface area contributed by atoms with Crippen LogP contribution in [0.4, 0.5) is 5.69 Å². The fourth-order valence-electron chi connectivity index (χ4n) is 4.29. The van der Waals surface area contributed by atoms with Gasteiger partial charge in [-0.3, -0.25) is 0 Å². The van der Waals surface area contributed by atoms with E-state index < -0.39 is 6.23 Å². The van der Waals surface area contributed by atoms with Crippen molar-refractivity contribution in [3.8, 4) is 0 Å². The van der Waals surface area contributed by atoms with Crippen LogP contribution in [0.2, 0.25) is 10.0 Å². The van der Waals surface area contributed by atoms with Crippen LogP contribution in [0.5, 0.6) is 0 Å². The van der Waals surface area contributed by atoms with Crippen LogP contribution in [0, 0.1) is 0 Å². The number of allylic oxidation sites excluding steroid dienone is 1. The molecule has 2 aliphatic rings. The summed E-state index contributed by atoms with van der Waals surface area (Å²) in [6.45, 7) is 0. The van der Waals surface area contributed by atoms with Gasteiger partial charge in [0.15, 0.2) is 6.23 Å². The normalized spacial score (nSPS) is 20.0. The van der Waals surface area contributed by atoms with Crippen molar-refractivity contribution in [3.63, 3.8) is 0 Å². The third kappa shape index (κ3) is 3.94. The molecule has 2 heterocycles. The summed E-state index contributed by atoms with van der Waals surface area (Å²) in [5.74, 6) is 0. The van der Waals surface area contributed by atoms with Crippen molar-refractivity contribution in [2.45, 2.75) is 25.1 Å². The van der Waals surface area contributed by atoms with E-state index in [2.05, 4.69) is 28.0 Å². The minimum atomic E-state index is -0.863. The van der Waals surface area contributed by atoms with Gasteiger partial charge in [-0.2, -0.15) is 5.10 Å². The Kier molecular flexibility index (Phi) is 5.45. The molecule has 0 saturated heterocycles. The second-order valence-corrected chi connectivity index (χ2v) is 8.60. The summed E-state index contributed by atoms with van der Waals surface area (Å²) in [6.07, 6.45) is 0.433. The maximum Gasteiger partial charge on any atom is 0.152 e. The zero-order valence-electron chi connectivity index (χ0n) is 16.6. The molecule has 0 amide bonds. The number of aliphatic hydroxyl groups is 1. The molecule has 0 radical (unpaired) electrons. The molecule has 156 valence electrons. The molecule has 5 rings (SSSR count). The quantitative estimate of drug-likeness (QED) is 0.469. The fourth-order valence-corrected chi connectivity index (χ4v) is 4.73. The highest BCUT2D eigenvalue weighted by molar-refractivity contribution is 6.31. The molecule has 0 fully saturated rings. The lowest BCUT2D eigenvalue weighted by Gasteiger charge is -2.29. The number of aliphatic hydroxyl groups excluding tert-OH is 1. The molecule has 6 heteroatoms. The fraction of sp³-hybridized carbons (Fsp3) is 0.160.